The van der Waals surface area contributed by atoms with Crippen molar-refractivity contribution in [3.63, 3.8) is 0 Å². The molecule has 0 bridgehead atoms. The fourth-order valence-corrected chi connectivity index (χ4v) is 1.76. The lowest BCUT2D eigenvalue weighted by molar-refractivity contribution is 0.0696. The lowest BCUT2D eigenvalue weighted by atomic mass is 10.2. The average molecular weight is 293 g/mol. The van der Waals surface area contributed by atoms with E-state index in [1.54, 1.807) is 0 Å². The molecule has 0 saturated heterocycles. The van der Waals surface area contributed by atoms with Crippen molar-refractivity contribution in [1.29, 1.82) is 0 Å². The minimum atomic E-state index is -1.20. The predicted molar refractivity (Wildman–Crippen MR) is 73.4 cm³/mol. The third-order valence-corrected chi connectivity index (χ3v) is 2.85. The Labute approximate surface area is 118 Å². The first-order valence-corrected chi connectivity index (χ1v) is 5.88. The summed E-state index contributed by atoms with van der Waals surface area (Å²) in [5.74, 6) is -1.84. The number of carbonyl (C=O) groups is 2. The topological polar surface area (TPSA) is 99.3 Å². The van der Waals surface area contributed by atoms with Gasteiger partial charge in [0.1, 0.15) is 5.56 Å². The van der Waals surface area contributed by atoms with Crippen molar-refractivity contribution in [3.05, 3.63) is 63.0 Å². The molecule has 1 aromatic heterocycles. The first kappa shape index (κ1) is 13.8. The molecule has 1 amide bonds. The minimum Gasteiger partial charge on any atom is -0.478 e. The number of hydrogen-bond donors (Lipinski definition) is 3. The molecule has 20 heavy (non-hydrogen) atoms. The van der Waals surface area contributed by atoms with Gasteiger partial charge >= 0.3 is 5.97 Å². The Morgan fingerprint density at radius 2 is 1.95 bits per heavy atom. The number of amides is 1. The monoisotopic (exact) mass is 292 g/mol. The molecule has 1 aromatic carbocycles. The second-order valence-corrected chi connectivity index (χ2v) is 4.27. The summed E-state index contributed by atoms with van der Waals surface area (Å²) < 4.78 is 0. The van der Waals surface area contributed by atoms with E-state index in [0.717, 1.165) is 0 Å². The van der Waals surface area contributed by atoms with Crippen LogP contribution in [-0.2, 0) is 0 Å². The van der Waals surface area contributed by atoms with Crippen molar-refractivity contribution in [2.75, 3.05) is 5.32 Å². The summed E-state index contributed by atoms with van der Waals surface area (Å²) in [7, 11) is 0. The van der Waals surface area contributed by atoms with Crippen LogP contribution in [0, 0.1) is 0 Å². The zero-order valence-electron chi connectivity index (χ0n) is 10.0. The standard InChI is InChI=1S/C13H9ClN2O4/c14-10-4-3-7(6-9(10)13(19)20)16-12(18)8-2-1-5-15-11(8)17/h1-6H,(H,15,17)(H,16,18)(H,19,20). The zero-order chi connectivity index (χ0) is 14.7. The Hall–Kier alpha value is -2.60. The van der Waals surface area contributed by atoms with Crippen LogP contribution in [0.4, 0.5) is 5.69 Å². The predicted octanol–water partition coefficient (Wildman–Crippen LogP) is 1.98. The molecule has 0 aliphatic rings. The number of aromatic nitrogens is 1. The highest BCUT2D eigenvalue weighted by Crippen LogP contribution is 2.20. The van der Waals surface area contributed by atoms with Crippen molar-refractivity contribution < 1.29 is 14.7 Å². The van der Waals surface area contributed by atoms with Gasteiger partial charge in [-0.25, -0.2) is 4.79 Å². The number of carboxylic acids is 1. The van der Waals surface area contributed by atoms with Gasteiger partial charge in [-0.1, -0.05) is 11.6 Å². The highest BCUT2D eigenvalue weighted by molar-refractivity contribution is 6.33. The summed E-state index contributed by atoms with van der Waals surface area (Å²) in [6.07, 6.45) is 1.41. The van der Waals surface area contributed by atoms with Crippen LogP contribution in [0.15, 0.2) is 41.3 Å². The lowest BCUT2D eigenvalue weighted by Crippen LogP contribution is -2.22. The quantitative estimate of drug-likeness (QED) is 0.805. The molecule has 0 saturated carbocycles. The van der Waals surface area contributed by atoms with Crippen molar-refractivity contribution in [2.24, 2.45) is 0 Å². The van der Waals surface area contributed by atoms with Gasteiger partial charge in [0.15, 0.2) is 0 Å². The van der Waals surface area contributed by atoms with Crippen LogP contribution < -0.4 is 10.9 Å². The second-order valence-electron chi connectivity index (χ2n) is 3.87. The van der Waals surface area contributed by atoms with Crippen LogP contribution >= 0.6 is 11.6 Å². The molecule has 102 valence electrons. The van der Waals surface area contributed by atoms with Gasteiger partial charge in [0.25, 0.3) is 11.5 Å². The normalized spacial score (nSPS) is 10.1. The zero-order valence-corrected chi connectivity index (χ0v) is 10.8. The molecule has 3 N–H and O–H groups in total. The van der Waals surface area contributed by atoms with Crippen molar-refractivity contribution in [2.45, 2.75) is 0 Å². The number of rotatable bonds is 3. The fourth-order valence-electron chi connectivity index (χ4n) is 1.57. The average Bonchev–Trinajstić information content (AvgIpc) is 2.41. The maximum Gasteiger partial charge on any atom is 0.337 e. The number of H-pyrrole nitrogens is 1. The van der Waals surface area contributed by atoms with E-state index in [-0.39, 0.29) is 21.8 Å². The number of aromatic carboxylic acids is 1. The maximum atomic E-state index is 11.9. The molecule has 0 unspecified atom stereocenters. The number of aromatic amines is 1. The van der Waals surface area contributed by atoms with Crippen LogP contribution in [0.2, 0.25) is 5.02 Å². The molecule has 0 atom stereocenters. The Bertz CT molecular complexity index is 739. The van der Waals surface area contributed by atoms with E-state index >= 15 is 0 Å². The number of halogens is 1. The van der Waals surface area contributed by atoms with E-state index in [2.05, 4.69) is 10.3 Å². The van der Waals surface area contributed by atoms with Gasteiger partial charge in [0.2, 0.25) is 0 Å². The first-order chi connectivity index (χ1) is 9.49. The van der Waals surface area contributed by atoms with Crippen molar-refractivity contribution in [1.82, 2.24) is 4.98 Å². The molecule has 2 rings (SSSR count). The number of anilines is 1. The van der Waals surface area contributed by atoms with Crippen LogP contribution in [0.3, 0.4) is 0 Å². The van der Waals surface area contributed by atoms with E-state index in [1.807, 2.05) is 0 Å². The number of benzene rings is 1. The number of nitrogens with one attached hydrogen (secondary N) is 2. The number of carboxylic acid groups (broad SMARTS) is 1. The van der Waals surface area contributed by atoms with Crippen LogP contribution in [-0.4, -0.2) is 22.0 Å². The largest absolute Gasteiger partial charge is 0.478 e. The Kier molecular flexibility index (Phi) is 3.86. The molecular formula is C13H9ClN2O4. The summed E-state index contributed by atoms with van der Waals surface area (Å²) in [6, 6.07) is 6.91. The Balaban J connectivity index is 2.29. The van der Waals surface area contributed by atoms with Gasteiger partial charge in [-0.3, -0.25) is 9.59 Å². The Morgan fingerprint density at radius 1 is 1.20 bits per heavy atom. The number of hydrogen-bond acceptors (Lipinski definition) is 3. The molecule has 0 spiro atoms. The highest BCUT2D eigenvalue weighted by Gasteiger charge is 2.13. The SMILES string of the molecule is O=C(O)c1cc(NC(=O)c2ccc[nH]c2=O)ccc1Cl. The lowest BCUT2D eigenvalue weighted by Gasteiger charge is -2.06. The van der Waals surface area contributed by atoms with Gasteiger partial charge in [0, 0.05) is 11.9 Å². The summed E-state index contributed by atoms with van der Waals surface area (Å²) in [5.41, 5.74) is -0.497. The van der Waals surface area contributed by atoms with Gasteiger partial charge in [-0.2, -0.15) is 0 Å². The molecule has 7 heteroatoms. The van der Waals surface area contributed by atoms with Gasteiger partial charge in [-0.15, -0.1) is 0 Å². The van der Waals surface area contributed by atoms with Gasteiger partial charge in [0.05, 0.1) is 10.6 Å². The number of pyridine rings is 1. The van der Waals surface area contributed by atoms with Crippen LogP contribution in [0.1, 0.15) is 20.7 Å². The molecule has 0 radical (unpaired) electrons. The summed E-state index contributed by atoms with van der Waals surface area (Å²) in [4.78, 5) is 36.6. The molecule has 2 aromatic rings. The van der Waals surface area contributed by atoms with Gasteiger partial charge in [-0.05, 0) is 30.3 Å². The summed E-state index contributed by atoms with van der Waals surface area (Å²) in [6.45, 7) is 0. The summed E-state index contributed by atoms with van der Waals surface area (Å²) in [5, 5.41) is 11.4. The van der Waals surface area contributed by atoms with E-state index in [9.17, 15) is 14.4 Å². The molecule has 0 aliphatic carbocycles. The van der Waals surface area contributed by atoms with E-state index < -0.39 is 17.4 Å². The Morgan fingerprint density at radius 3 is 2.60 bits per heavy atom. The fraction of sp³-hybridized carbons (Fsp3) is 0. The van der Waals surface area contributed by atoms with E-state index in [4.69, 9.17) is 16.7 Å². The first-order valence-electron chi connectivity index (χ1n) is 5.51. The smallest absolute Gasteiger partial charge is 0.337 e. The molecular weight excluding hydrogens is 284 g/mol. The molecule has 1 heterocycles. The van der Waals surface area contributed by atoms with E-state index in [0.29, 0.717) is 0 Å². The maximum absolute atomic E-state index is 11.9. The van der Waals surface area contributed by atoms with Crippen molar-refractivity contribution >= 4 is 29.2 Å². The van der Waals surface area contributed by atoms with E-state index in [1.165, 1.54) is 36.5 Å². The van der Waals surface area contributed by atoms with Crippen molar-refractivity contribution in [3.8, 4) is 0 Å². The van der Waals surface area contributed by atoms with Crippen LogP contribution in [0.5, 0.6) is 0 Å². The minimum absolute atomic E-state index is 0.0630. The van der Waals surface area contributed by atoms with Gasteiger partial charge < -0.3 is 15.4 Å². The third kappa shape index (κ3) is 2.86. The number of carbonyl (C=O) groups excluding carboxylic acids is 1. The molecule has 0 fully saturated rings. The molecule has 6 nitrogen and oxygen atoms in total. The highest BCUT2D eigenvalue weighted by atomic mass is 35.5. The van der Waals surface area contributed by atoms with Crippen LogP contribution in [0.25, 0.3) is 0 Å². The molecule has 0 aliphatic heterocycles. The second kappa shape index (κ2) is 5.58. The summed E-state index contributed by atoms with van der Waals surface area (Å²) >= 11 is 5.72. The third-order valence-electron chi connectivity index (χ3n) is 2.52.